The molecule has 0 aliphatic rings. The lowest BCUT2D eigenvalue weighted by Crippen LogP contribution is -2.32. The van der Waals surface area contributed by atoms with Crippen LogP contribution in [0.2, 0.25) is 0 Å². The van der Waals surface area contributed by atoms with Gasteiger partial charge in [-0.1, -0.05) is 0 Å². The molecular formula is C8H10N2O3. The predicted octanol–water partition coefficient (Wildman–Crippen LogP) is -0.0610. The summed E-state index contributed by atoms with van der Waals surface area (Å²) in [5.41, 5.74) is 0.622. The normalized spacial score (nSPS) is 12.1. The first kappa shape index (κ1) is 9.47. The number of aliphatic hydroxyl groups excluding tert-OH is 1. The molecule has 0 bridgehead atoms. The zero-order valence-corrected chi connectivity index (χ0v) is 6.84. The predicted molar refractivity (Wildman–Crippen MR) is 46.4 cm³/mol. The molecule has 13 heavy (non-hydrogen) atoms. The summed E-state index contributed by atoms with van der Waals surface area (Å²) in [6, 6.07) is 2.29. The molecule has 1 rings (SSSR count). The molecule has 0 aliphatic carbocycles. The zero-order chi connectivity index (χ0) is 9.68. The average molecular weight is 182 g/mol. The first-order valence-corrected chi connectivity index (χ1v) is 3.74. The van der Waals surface area contributed by atoms with Crippen LogP contribution in [0.25, 0.3) is 0 Å². The second-order valence-electron chi connectivity index (χ2n) is 2.45. The highest BCUT2D eigenvalue weighted by molar-refractivity contribution is 5.77. The summed E-state index contributed by atoms with van der Waals surface area (Å²) in [5, 5.41) is 19.9. The minimum absolute atomic E-state index is 0.447. The van der Waals surface area contributed by atoms with E-state index < -0.39 is 18.6 Å². The number of pyridine rings is 1. The quantitative estimate of drug-likeness (QED) is 0.607. The summed E-state index contributed by atoms with van der Waals surface area (Å²) < 4.78 is 0. The highest BCUT2D eigenvalue weighted by atomic mass is 16.4. The third-order valence-corrected chi connectivity index (χ3v) is 1.50. The number of anilines is 1. The highest BCUT2D eigenvalue weighted by Crippen LogP contribution is 2.05. The zero-order valence-electron chi connectivity index (χ0n) is 6.84. The number of aliphatic carboxylic acids is 1. The Balaban J connectivity index is 2.62. The maximum Gasteiger partial charge on any atom is 0.328 e. The molecule has 0 fully saturated rings. The van der Waals surface area contributed by atoms with Crippen LogP contribution < -0.4 is 5.32 Å². The van der Waals surface area contributed by atoms with Crippen molar-refractivity contribution >= 4 is 11.7 Å². The fraction of sp³-hybridized carbons (Fsp3) is 0.250. The molecule has 0 amide bonds. The second kappa shape index (κ2) is 4.42. The Morgan fingerprint density at radius 1 is 1.54 bits per heavy atom. The van der Waals surface area contributed by atoms with Gasteiger partial charge in [0.05, 0.1) is 6.61 Å². The van der Waals surface area contributed by atoms with Crippen LogP contribution in [-0.4, -0.2) is 33.8 Å². The number of rotatable bonds is 4. The van der Waals surface area contributed by atoms with E-state index in [0.29, 0.717) is 5.69 Å². The fourth-order valence-electron chi connectivity index (χ4n) is 0.835. The molecule has 0 spiro atoms. The van der Waals surface area contributed by atoms with Crippen LogP contribution in [0, 0.1) is 0 Å². The molecule has 0 radical (unpaired) electrons. The topological polar surface area (TPSA) is 82.5 Å². The van der Waals surface area contributed by atoms with Gasteiger partial charge >= 0.3 is 5.97 Å². The molecule has 1 atom stereocenters. The second-order valence-corrected chi connectivity index (χ2v) is 2.45. The van der Waals surface area contributed by atoms with Crippen LogP contribution in [0.15, 0.2) is 24.5 Å². The standard InChI is InChI=1S/C8H10N2O3/c11-5-7(8(12)13)10-6-1-3-9-4-2-6/h1-4,7,11H,5H2,(H,9,10)(H,12,13). The van der Waals surface area contributed by atoms with E-state index in [1.807, 2.05) is 0 Å². The van der Waals surface area contributed by atoms with Gasteiger partial charge in [0.1, 0.15) is 6.04 Å². The van der Waals surface area contributed by atoms with E-state index >= 15 is 0 Å². The Hall–Kier alpha value is -1.62. The molecular weight excluding hydrogens is 172 g/mol. The van der Waals surface area contributed by atoms with Gasteiger partial charge < -0.3 is 15.5 Å². The Morgan fingerprint density at radius 2 is 2.15 bits per heavy atom. The van der Waals surface area contributed by atoms with Gasteiger partial charge in [-0.3, -0.25) is 4.98 Å². The number of carbonyl (C=O) groups is 1. The summed E-state index contributed by atoms with van der Waals surface area (Å²) in [5.74, 6) is -1.08. The van der Waals surface area contributed by atoms with Gasteiger partial charge in [0, 0.05) is 18.1 Å². The summed E-state index contributed by atoms with van der Waals surface area (Å²) in [6.07, 6.45) is 3.08. The van der Waals surface area contributed by atoms with Gasteiger partial charge in [-0.15, -0.1) is 0 Å². The molecule has 5 heteroatoms. The molecule has 1 aromatic heterocycles. The summed E-state index contributed by atoms with van der Waals surface area (Å²) in [6.45, 7) is -0.447. The first-order chi connectivity index (χ1) is 6.24. The van der Waals surface area contributed by atoms with Crippen molar-refractivity contribution in [2.75, 3.05) is 11.9 Å². The van der Waals surface area contributed by atoms with Crippen LogP contribution in [0.3, 0.4) is 0 Å². The molecule has 70 valence electrons. The average Bonchev–Trinajstić information content (AvgIpc) is 2.15. The summed E-state index contributed by atoms with van der Waals surface area (Å²) in [7, 11) is 0. The number of hydrogen-bond donors (Lipinski definition) is 3. The van der Waals surface area contributed by atoms with E-state index in [-0.39, 0.29) is 0 Å². The van der Waals surface area contributed by atoms with Crippen LogP contribution in [0.1, 0.15) is 0 Å². The molecule has 0 saturated heterocycles. The van der Waals surface area contributed by atoms with Crippen molar-refractivity contribution in [1.82, 2.24) is 4.98 Å². The lowest BCUT2D eigenvalue weighted by Gasteiger charge is -2.11. The Bertz CT molecular complexity index is 276. The minimum atomic E-state index is -1.08. The van der Waals surface area contributed by atoms with E-state index in [2.05, 4.69) is 10.3 Å². The minimum Gasteiger partial charge on any atom is -0.480 e. The summed E-state index contributed by atoms with van der Waals surface area (Å²) >= 11 is 0. The van der Waals surface area contributed by atoms with Crippen molar-refractivity contribution < 1.29 is 15.0 Å². The van der Waals surface area contributed by atoms with Crippen LogP contribution >= 0.6 is 0 Å². The molecule has 5 nitrogen and oxygen atoms in total. The lowest BCUT2D eigenvalue weighted by molar-refractivity contribution is -0.138. The Morgan fingerprint density at radius 3 is 2.62 bits per heavy atom. The van der Waals surface area contributed by atoms with Gasteiger partial charge in [0.25, 0.3) is 0 Å². The number of aliphatic hydroxyl groups is 1. The van der Waals surface area contributed by atoms with Crippen molar-refractivity contribution in [2.24, 2.45) is 0 Å². The largest absolute Gasteiger partial charge is 0.480 e. The van der Waals surface area contributed by atoms with Crippen LogP contribution in [0.4, 0.5) is 5.69 Å². The number of carboxylic acid groups (broad SMARTS) is 1. The van der Waals surface area contributed by atoms with Gasteiger partial charge in [0.15, 0.2) is 0 Å². The van der Waals surface area contributed by atoms with Gasteiger partial charge in [0.2, 0.25) is 0 Å². The first-order valence-electron chi connectivity index (χ1n) is 3.74. The van der Waals surface area contributed by atoms with Crippen LogP contribution in [0.5, 0.6) is 0 Å². The van der Waals surface area contributed by atoms with E-state index in [9.17, 15) is 4.79 Å². The Kier molecular flexibility index (Phi) is 3.22. The lowest BCUT2D eigenvalue weighted by atomic mass is 10.3. The van der Waals surface area contributed by atoms with Gasteiger partial charge in [-0.05, 0) is 12.1 Å². The number of nitrogens with one attached hydrogen (secondary N) is 1. The van der Waals surface area contributed by atoms with Crippen molar-refractivity contribution in [1.29, 1.82) is 0 Å². The highest BCUT2D eigenvalue weighted by Gasteiger charge is 2.14. The fourth-order valence-corrected chi connectivity index (χ4v) is 0.835. The van der Waals surface area contributed by atoms with E-state index in [1.165, 1.54) is 0 Å². The number of carboxylic acids is 1. The molecule has 0 aromatic carbocycles. The third-order valence-electron chi connectivity index (χ3n) is 1.50. The SMILES string of the molecule is O=C(O)C(CO)Nc1ccncc1. The molecule has 1 heterocycles. The van der Waals surface area contributed by atoms with Crippen molar-refractivity contribution in [2.45, 2.75) is 6.04 Å². The monoisotopic (exact) mass is 182 g/mol. The van der Waals surface area contributed by atoms with E-state index in [1.54, 1.807) is 24.5 Å². The maximum atomic E-state index is 10.5. The molecule has 1 aromatic rings. The molecule has 0 aliphatic heterocycles. The van der Waals surface area contributed by atoms with Crippen molar-refractivity contribution in [3.63, 3.8) is 0 Å². The number of nitrogens with zero attached hydrogens (tertiary/aromatic N) is 1. The maximum absolute atomic E-state index is 10.5. The van der Waals surface area contributed by atoms with Crippen molar-refractivity contribution in [3.05, 3.63) is 24.5 Å². The van der Waals surface area contributed by atoms with Crippen LogP contribution in [-0.2, 0) is 4.79 Å². The smallest absolute Gasteiger partial charge is 0.328 e. The van der Waals surface area contributed by atoms with Gasteiger partial charge in [-0.2, -0.15) is 0 Å². The third kappa shape index (κ3) is 2.72. The Labute approximate surface area is 75.0 Å². The number of aromatic nitrogens is 1. The van der Waals surface area contributed by atoms with Crippen molar-refractivity contribution in [3.8, 4) is 0 Å². The van der Waals surface area contributed by atoms with Gasteiger partial charge in [-0.25, -0.2) is 4.79 Å². The van der Waals surface area contributed by atoms with E-state index in [4.69, 9.17) is 10.2 Å². The molecule has 0 saturated carbocycles. The van der Waals surface area contributed by atoms with E-state index in [0.717, 1.165) is 0 Å². The molecule has 3 N–H and O–H groups in total. The molecule has 1 unspecified atom stereocenters. The summed E-state index contributed by atoms with van der Waals surface area (Å²) in [4.78, 5) is 14.3. The number of hydrogen-bond acceptors (Lipinski definition) is 4.